The van der Waals surface area contributed by atoms with Crippen molar-refractivity contribution in [2.75, 3.05) is 11.1 Å². The van der Waals surface area contributed by atoms with Gasteiger partial charge in [0.25, 0.3) is 0 Å². The van der Waals surface area contributed by atoms with E-state index >= 15 is 0 Å². The molecule has 0 aliphatic heterocycles. The normalized spacial score (nSPS) is 23.1. The first-order valence-electron chi connectivity index (χ1n) is 6.04. The summed E-state index contributed by atoms with van der Waals surface area (Å²) < 4.78 is 26.4. The molecule has 5 heteroatoms. The number of nitrogens with one attached hydrogen (secondary N) is 1. The Kier molecular flexibility index (Phi) is 3.50. The quantitative estimate of drug-likeness (QED) is 0.797. The molecule has 1 fully saturated rings. The molecule has 1 amide bonds. The van der Waals surface area contributed by atoms with Crippen molar-refractivity contribution in [2.24, 2.45) is 11.8 Å². The fourth-order valence-electron chi connectivity index (χ4n) is 2.42. The van der Waals surface area contributed by atoms with Crippen molar-refractivity contribution in [3.63, 3.8) is 0 Å². The van der Waals surface area contributed by atoms with Crippen LogP contribution in [0.5, 0.6) is 0 Å². The predicted octanol–water partition coefficient (Wildman–Crippen LogP) is 2.92. The second kappa shape index (κ2) is 4.92. The number of hydrogen-bond acceptors (Lipinski definition) is 2. The number of hydrogen-bond donors (Lipinski definition) is 2. The van der Waals surface area contributed by atoms with Crippen LogP contribution in [0.15, 0.2) is 12.1 Å². The van der Waals surface area contributed by atoms with Crippen LogP contribution in [-0.2, 0) is 4.79 Å². The zero-order valence-corrected chi connectivity index (χ0v) is 10.2. The number of carbonyl (C=O) groups excluding carboxylic acids is 1. The van der Waals surface area contributed by atoms with Crippen LogP contribution in [0.1, 0.15) is 26.2 Å². The van der Waals surface area contributed by atoms with Crippen molar-refractivity contribution in [2.45, 2.75) is 26.2 Å². The fourth-order valence-corrected chi connectivity index (χ4v) is 2.42. The smallest absolute Gasteiger partial charge is 0.227 e. The molecule has 0 spiro atoms. The summed E-state index contributed by atoms with van der Waals surface area (Å²) in [6.07, 6.45) is 2.82. The Morgan fingerprint density at radius 3 is 2.67 bits per heavy atom. The van der Waals surface area contributed by atoms with E-state index in [1.54, 1.807) is 0 Å². The molecule has 1 aliphatic rings. The van der Waals surface area contributed by atoms with E-state index in [1.807, 2.05) is 6.92 Å². The highest BCUT2D eigenvalue weighted by Gasteiger charge is 2.30. The molecule has 0 radical (unpaired) electrons. The molecular weight excluding hydrogens is 238 g/mol. The molecule has 2 atom stereocenters. The summed E-state index contributed by atoms with van der Waals surface area (Å²) in [4.78, 5) is 12.0. The minimum absolute atomic E-state index is 0.0574. The summed E-state index contributed by atoms with van der Waals surface area (Å²) in [5, 5.41) is 2.49. The zero-order chi connectivity index (χ0) is 13.3. The van der Waals surface area contributed by atoms with Crippen LogP contribution in [0, 0.1) is 23.5 Å². The van der Waals surface area contributed by atoms with Gasteiger partial charge in [-0.3, -0.25) is 4.79 Å². The van der Waals surface area contributed by atoms with E-state index in [1.165, 1.54) is 0 Å². The summed E-state index contributed by atoms with van der Waals surface area (Å²) in [6.45, 7) is 2.01. The van der Waals surface area contributed by atoms with Crippen molar-refractivity contribution in [1.29, 1.82) is 0 Å². The Morgan fingerprint density at radius 1 is 1.33 bits per heavy atom. The maximum atomic E-state index is 13.5. The minimum atomic E-state index is -0.820. The van der Waals surface area contributed by atoms with E-state index in [4.69, 9.17) is 5.73 Å². The third-order valence-electron chi connectivity index (χ3n) is 3.54. The lowest BCUT2D eigenvalue weighted by Gasteiger charge is -2.15. The average Bonchev–Trinajstić information content (AvgIpc) is 2.72. The molecular formula is C13H16F2N2O. The standard InChI is InChI=1S/C13H16F2N2O/c1-7-3-2-4-8(7)13(18)17-12-6-11(16)9(14)5-10(12)15/h5-8H,2-4,16H2,1H3,(H,17,18). The van der Waals surface area contributed by atoms with E-state index in [9.17, 15) is 13.6 Å². The molecule has 1 aromatic rings. The van der Waals surface area contributed by atoms with Gasteiger partial charge in [-0.15, -0.1) is 0 Å². The number of rotatable bonds is 2. The topological polar surface area (TPSA) is 55.1 Å². The minimum Gasteiger partial charge on any atom is -0.396 e. The van der Waals surface area contributed by atoms with Crippen LogP contribution in [0.4, 0.5) is 20.2 Å². The lowest BCUT2D eigenvalue weighted by atomic mass is 9.97. The molecule has 1 aliphatic carbocycles. The molecule has 0 saturated heterocycles. The predicted molar refractivity (Wildman–Crippen MR) is 65.9 cm³/mol. The van der Waals surface area contributed by atoms with E-state index in [0.29, 0.717) is 12.0 Å². The van der Waals surface area contributed by atoms with E-state index < -0.39 is 11.6 Å². The molecule has 0 heterocycles. The molecule has 1 saturated carbocycles. The Labute approximate surface area is 104 Å². The number of nitrogens with two attached hydrogens (primary N) is 1. The Hall–Kier alpha value is -1.65. The van der Waals surface area contributed by atoms with Gasteiger partial charge in [-0.1, -0.05) is 13.3 Å². The highest BCUT2D eigenvalue weighted by Crippen LogP contribution is 2.32. The molecule has 2 rings (SSSR count). The molecule has 0 bridgehead atoms. The molecule has 0 aromatic heterocycles. The first-order valence-corrected chi connectivity index (χ1v) is 6.04. The lowest BCUT2D eigenvalue weighted by molar-refractivity contribution is -0.120. The molecule has 3 nitrogen and oxygen atoms in total. The molecule has 2 unspecified atom stereocenters. The number of nitrogen functional groups attached to an aromatic ring is 1. The van der Waals surface area contributed by atoms with Gasteiger partial charge in [0.05, 0.1) is 11.4 Å². The van der Waals surface area contributed by atoms with E-state index in [-0.39, 0.29) is 23.2 Å². The first kappa shape index (κ1) is 12.8. The van der Waals surface area contributed by atoms with Gasteiger partial charge in [0.1, 0.15) is 11.6 Å². The average molecular weight is 254 g/mol. The second-order valence-corrected chi connectivity index (χ2v) is 4.86. The van der Waals surface area contributed by atoms with Crippen LogP contribution >= 0.6 is 0 Å². The second-order valence-electron chi connectivity index (χ2n) is 4.86. The summed E-state index contributed by atoms with van der Waals surface area (Å²) in [5.74, 6) is -1.65. The lowest BCUT2D eigenvalue weighted by Crippen LogP contribution is -2.25. The van der Waals surface area contributed by atoms with Crippen molar-refractivity contribution in [3.8, 4) is 0 Å². The summed E-state index contributed by atoms with van der Waals surface area (Å²) in [6, 6.07) is 1.80. The monoisotopic (exact) mass is 254 g/mol. The highest BCUT2D eigenvalue weighted by molar-refractivity contribution is 5.93. The number of halogens is 2. The summed E-state index contributed by atoms with van der Waals surface area (Å²) in [7, 11) is 0. The molecule has 1 aromatic carbocycles. The van der Waals surface area contributed by atoms with E-state index in [0.717, 1.165) is 25.3 Å². The highest BCUT2D eigenvalue weighted by atomic mass is 19.1. The zero-order valence-electron chi connectivity index (χ0n) is 10.2. The summed E-state index contributed by atoms with van der Waals surface area (Å²) >= 11 is 0. The van der Waals surface area contributed by atoms with Crippen molar-refractivity contribution in [3.05, 3.63) is 23.8 Å². The summed E-state index contributed by atoms with van der Waals surface area (Å²) in [5.41, 5.74) is 5.12. The van der Waals surface area contributed by atoms with Crippen molar-refractivity contribution < 1.29 is 13.6 Å². The van der Waals surface area contributed by atoms with E-state index in [2.05, 4.69) is 5.32 Å². The Bertz CT molecular complexity index is 476. The number of carbonyl (C=O) groups is 1. The largest absolute Gasteiger partial charge is 0.396 e. The first-order chi connectivity index (χ1) is 8.49. The number of anilines is 2. The molecule has 18 heavy (non-hydrogen) atoms. The van der Waals surface area contributed by atoms with Crippen LogP contribution in [0.25, 0.3) is 0 Å². The van der Waals surface area contributed by atoms with Gasteiger partial charge >= 0.3 is 0 Å². The fraction of sp³-hybridized carbons (Fsp3) is 0.462. The molecule has 98 valence electrons. The number of benzene rings is 1. The van der Waals surface area contributed by atoms with Crippen molar-refractivity contribution >= 4 is 17.3 Å². The third kappa shape index (κ3) is 2.44. The molecule has 3 N–H and O–H groups in total. The maximum Gasteiger partial charge on any atom is 0.227 e. The van der Waals surface area contributed by atoms with Gasteiger partial charge in [-0.2, -0.15) is 0 Å². The Balaban J connectivity index is 2.14. The van der Waals surface area contributed by atoms with Gasteiger partial charge in [-0.25, -0.2) is 8.78 Å². The van der Waals surface area contributed by atoms with Crippen molar-refractivity contribution in [1.82, 2.24) is 0 Å². The van der Waals surface area contributed by atoms with Crippen LogP contribution in [-0.4, -0.2) is 5.91 Å². The van der Waals surface area contributed by atoms with Gasteiger partial charge in [0, 0.05) is 12.0 Å². The van der Waals surface area contributed by atoms with Gasteiger partial charge < -0.3 is 11.1 Å². The Morgan fingerprint density at radius 2 is 2.06 bits per heavy atom. The SMILES string of the molecule is CC1CCCC1C(=O)Nc1cc(N)c(F)cc1F. The number of amides is 1. The van der Waals surface area contributed by atoms with Crippen LogP contribution in [0.2, 0.25) is 0 Å². The van der Waals surface area contributed by atoms with Gasteiger partial charge in [0.15, 0.2) is 0 Å². The van der Waals surface area contributed by atoms with Crippen LogP contribution < -0.4 is 11.1 Å². The maximum absolute atomic E-state index is 13.5. The van der Waals surface area contributed by atoms with Gasteiger partial charge in [-0.05, 0) is 24.8 Å². The third-order valence-corrected chi connectivity index (χ3v) is 3.54. The van der Waals surface area contributed by atoms with Crippen LogP contribution in [0.3, 0.4) is 0 Å². The van der Waals surface area contributed by atoms with Gasteiger partial charge in [0.2, 0.25) is 5.91 Å².